The lowest BCUT2D eigenvalue weighted by atomic mass is 10.1. The predicted molar refractivity (Wildman–Crippen MR) is 94.9 cm³/mol. The minimum Gasteiger partial charge on any atom is -0.484 e. The Hall–Kier alpha value is -2.93. The van der Waals surface area contributed by atoms with Gasteiger partial charge in [0.2, 0.25) is 0 Å². The Morgan fingerprint density at radius 3 is 2.54 bits per heavy atom. The number of nitrogens with zero attached hydrogens (tertiary/aromatic N) is 2. The zero-order valence-electron chi connectivity index (χ0n) is 14.4. The molecule has 1 fully saturated rings. The topological polar surface area (TPSA) is 81.9 Å². The molecule has 1 aliphatic rings. The summed E-state index contributed by atoms with van der Waals surface area (Å²) in [5.74, 6) is 0.282. The van der Waals surface area contributed by atoms with E-state index in [1.54, 1.807) is 4.90 Å². The maximum absolute atomic E-state index is 12.5. The van der Waals surface area contributed by atoms with Crippen molar-refractivity contribution in [2.24, 2.45) is 0 Å². The lowest BCUT2D eigenvalue weighted by Gasteiger charge is -2.37. The summed E-state index contributed by atoms with van der Waals surface area (Å²) in [7, 11) is 0. The molecule has 0 aliphatic carbocycles. The van der Waals surface area contributed by atoms with Crippen molar-refractivity contribution in [1.29, 1.82) is 0 Å². The molecule has 136 valence electrons. The van der Waals surface area contributed by atoms with E-state index in [9.17, 15) is 14.9 Å². The first kappa shape index (κ1) is 17.9. The van der Waals surface area contributed by atoms with Gasteiger partial charge in [-0.1, -0.05) is 30.3 Å². The summed E-state index contributed by atoms with van der Waals surface area (Å²) in [6.45, 7) is 2.79. The Morgan fingerprint density at radius 1 is 1.19 bits per heavy atom. The average Bonchev–Trinajstić information content (AvgIpc) is 2.66. The lowest BCUT2D eigenvalue weighted by molar-refractivity contribution is -0.384. The normalized spacial score (nSPS) is 19.8. The summed E-state index contributed by atoms with van der Waals surface area (Å²) in [6.07, 6.45) is -0.236. The van der Waals surface area contributed by atoms with Gasteiger partial charge in [0, 0.05) is 18.7 Å². The van der Waals surface area contributed by atoms with E-state index in [-0.39, 0.29) is 30.4 Å². The summed E-state index contributed by atoms with van der Waals surface area (Å²) in [5.41, 5.74) is 1.02. The molecule has 0 spiro atoms. The molecular formula is C19H20N2O5. The quantitative estimate of drug-likeness (QED) is 0.608. The monoisotopic (exact) mass is 356 g/mol. The predicted octanol–water partition coefficient (Wildman–Crippen LogP) is 2.96. The summed E-state index contributed by atoms with van der Waals surface area (Å²) >= 11 is 0. The van der Waals surface area contributed by atoms with Crippen LogP contribution in [0.3, 0.4) is 0 Å². The molecule has 26 heavy (non-hydrogen) atoms. The molecule has 1 heterocycles. The third-order valence-corrected chi connectivity index (χ3v) is 4.19. The van der Waals surface area contributed by atoms with Gasteiger partial charge < -0.3 is 14.4 Å². The van der Waals surface area contributed by atoms with Gasteiger partial charge in [0.1, 0.15) is 11.9 Å². The van der Waals surface area contributed by atoms with Crippen molar-refractivity contribution >= 4 is 11.6 Å². The van der Waals surface area contributed by atoms with Gasteiger partial charge >= 0.3 is 0 Å². The molecule has 0 aromatic heterocycles. The minimum absolute atomic E-state index is 0.0172. The lowest BCUT2D eigenvalue weighted by Crippen LogP contribution is -2.47. The van der Waals surface area contributed by atoms with Crippen molar-refractivity contribution in [2.75, 3.05) is 19.7 Å². The van der Waals surface area contributed by atoms with Crippen molar-refractivity contribution in [1.82, 2.24) is 4.90 Å². The fourth-order valence-corrected chi connectivity index (χ4v) is 2.91. The van der Waals surface area contributed by atoms with Crippen LogP contribution in [0.25, 0.3) is 0 Å². The summed E-state index contributed by atoms with van der Waals surface area (Å²) in [6, 6.07) is 15.5. The molecule has 2 atom stereocenters. The highest BCUT2D eigenvalue weighted by Gasteiger charge is 2.29. The van der Waals surface area contributed by atoms with Crippen LogP contribution in [-0.4, -0.2) is 41.5 Å². The molecular weight excluding hydrogens is 336 g/mol. The van der Waals surface area contributed by atoms with Crippen LogP contribution in [0.1, 0.15) is 18.6 Å². The van der Waals surface area contributed by atoms with Crippen LogP contribution < -0.4 is 4.74 Å². The van der Waals surface area contributed by atoms with Gasteiger partial charge in [-0.15, -0.1) is 0 Å². The number of carbonyl (C=O) groups excluding carboxylic acids is 1. The van der Waals surface area contributed by atoms with Crippen LogP contribution >= 0.6 is 0 Å². The second-order valence-electron chi connectivity index (χ2n) is 6.18. The van der Waals surface area contributed by atoms with E-state index >= 15 is 0 Å². The molecule has 0 N–H and O–H groups in total. The van der Waals surface area contributed by atoms with Gasteiger partial charge in [-0.05, 0) is 24.6 Å². The summed E-state index contributed by atoms with van der Waals surface area (Å²) in [5, 5.41) is 10.7. The molecule has 0 radical (unpaired) electrons. The highest BCUT2D eigenvalue weighted by molar-refractivity contribution is 5.78. The SMILES string of the molecule is CC1CN(C(=O)COc2ccc([N+](=O)[O-])cc2)CC(c2ccccc2)O1. The van der Waals surface area contributed by atoms with E-state index in [2.05, 4.69) is 0 Å². The van der Waals surface area contributed by atoms with Gasteiger partial charge in [-0.3, -0.25) is 14.9 Å². The van der Waals surface area contributed by atoms with Gasteiger partial charge in [0.25, 0.3) is 11.6 Å². The molecule has 2 aromatic carbocycles. The van der Waals surface area contributed by atoms with E-state index in [0.29, 0.717) is 18.8 Å². The van der Waals surface area contributed by atoms with Crippen LogP contribution in [0.4, 0.5) is 5.69 Å². The Balaban J connectivity index is 1.59. The number of nitro benzene ring substituents is 1. The first-order chi connectivity index (χ1) is 12.5. The van der Waals surface area contributed by atoms with E-state index in [1.807, 2.05) is 37.3 Å². The number of rotatable bonds is 5. The molecule has 0 saturated carbocycles. The number of hydrogen-bond donors (Lipinski definition) is 0. The summed E-state index contributed by atoms with van der Waals surface area (Å²) in [4.78, 5) is 24.4. The van der Waals surface area contributed by atoms with E-state index in [4.69, 9.17) is 9.47 Å². The first-order valence-corrected chi connectivity index (χ1v) is 8.38. The Morgan fingerprint density at radius 2 is 1.88 bits per heavy atom. The number of amides is 1. The van der Waals surface area contributed by atoms with Crippen molar-refractivity contribution in [3.05, 3.63) is 70.3 Å². The van der Waals surface area contributed by atoms with E-state index in [1.165, 1.54) is 24.3 Å². The summed E-state index contributed by atoms with van der Waals surface area (Å²) < 4.78 is 11.4. The van der Waals surface area contributed by atoms with Crippen molar-refractivity contribution in [3.63, 3.8) is 0 Å². The molecule has 0 bridgehead atoms. The number of non-ortho nitro benzene ring substituents is 1. The highest BCUT2D eigenvalue weighted by Crippen LogP contribution is 2.25. The van der Waals surface area contributed by atoms with Crippen LogP contribution in [0.2, 0.25) is 0 Å². The molecule has 2 aromatic rings. The van der Waals surface area contributed by atoms with Crippen molar-refractivity contribution < 1.29 is 19.2 Å². The number of ether oxygens (including phenoxy) is 2. The second-order valence-corrected chi connectivity index (χ2v) is 6.18. The van der Waals surface area contributed by atoms with Gasteiger partial charge in [0.15, 0.2) is 6.61 Å². The van der Waals surface area contributed by atoms with E-state index in [0.717, 1.165) is 5.56 Å². The largest absolute Gasteiger partial charge is 0.484 e. The van der Waals surface area contributed by atoms with Gasteiger partial charge in [0.05, 0.1) is 17.6 Å². The van der Waals surface area contributed by atoms with Crippen molar-refractivity contribution in [2.45, 2.75) is 19.1 Å². The standard InChI is InChI=1S/C19H20N2O5/c1-14-11-20(12-18(26-14)15-5-3-2-4-6-15)19(22)13-25-17-9-7-16(8-10-17)21(23)24/h2-10,14,18H,11-13H2,1H3. The molecule has 1 saturated heterocycles. The second kappa shape index (κ2) is 7.97. The first-order valence-electron chi connectivity index (χ1n) is 8.38. The van der Waals surface area contributed by atoms with Crippen LogP contribution in [0.15, 0.2) is 54.6 Å². The van der Waals surface area contributed by atoms with Crippen molar-refractivity contribution in [3.8, 4) is 5.75 Å². The maximum Gasteiger partial charge on any atom is 0.269 e. The molecule has 7 nitrogen and oxygen atoms in total. The fraction of sp³-hybridized carbons (Fsp3) is 0.316. The zero-order valence-corrected chi connectivity index (χ0v) is 14.4. The van der Waals surface area contributed by atoms with E-state index < -0.39 is 4.92 Å². The van der Waals surface area contributed by atoms with Crippen LogP contribution in [0, 0.1) is 10.1 Å². The number of hydrogen-bond acceptors (Lipinski definition) is 5. The van der Waals surface area contributed by atoms with Gasteiger partial charge in [-0.25, -0.2) is 0 Å². The minimum atomic E-state index is -0.478. The fourth-order valence-electron chi connectivity index (χ4n) is 2.91. The highest BCUT2D eigenvalue weighted by atomic mass is 16.6. The molecule has 2 unspecified atom stereocenters. The van der Waals surface area contributed by atoms with Gasteiger partial charge in [-0.2, -0.15) is 0 Å². The third kappa shape index (κ3) is 4.37. The molecule has 1 amide bonds. The number of morpholine rings is 1. The average molecular weight is 356 g/mol. The Bertz CT molecular complexity index is 763. The Kier molecular flexibility index (Phi) is 5.48. The Labute approximate surface area is 151 Å². The number of nitro groups is 1. The molecule has 7 heteroatoms. The zero-order chi connectivity index (χ0) is 18.5. The maximum atomic E-state index is 12.5. The number of carbonyl (C=O) groups is 1. The smallest absolute Gasteiger partial charge is 0.269 e. The third-order valence-electron chi connectivity index (χ3n) is 4.19. The van der Waals surface area contributed by atoms with Crippen LogP contribution in [0.5, 0.6) is 5.75 Å². The molecule has 1 aliphatic heterocycles. The van der Waals surface area contributed by atoms with Crippen LogP contribution in [-0.2, 0) is 9.53 Å². The number of benzene rings is 2. The molecule has 3 rings (SSSR count).